The van der Waals surface area contributed by atoms with Crippen LogP contribution in [0.15, 0.2) is 67.0 Å². The molecule has 15 nitrogen and oxygen atoms in total. The maximum Gasteiger partial charge on any atom is 0.573 e. The number of hydrogen-bond acceptors (Lipinski definition) is 10. The highest BCUT2D eigenvalue weighted by Crippen LogP contribution is 2.37. The van der Waals surface area contributed by atoms with E-state index in [-0.39, 0.29) is 47.0 Å². The van der Waals surface area contributed by atoms with Crippen molar-refractivity contribution in [1.82, 2.24) is 35.4 Å². The van der Waals surface area contributed by atoms with E-state index in [2.05, 4.69) is 40.5 Å². The molecule has 2 aromatic carbocycles. The number of halogens is 3. The van der Waals surface area contributed by atoms with Crippen LogP contribution in [0.5, 0.6) is 5.75 Å². The summed E-state index contributed by atoms with van der Waals surface area (Å²) < 4.78 is 50.2. The van der Waals surface area contributed by atoms with Gasteiger partial charge >= 0.3 is 12.5 Å². The van der Waals surface area contributed by atoms with Gasteiger partial charge in [-0.25, -0.2) is 14.8 Å². The summed E-state index contributed by atoms with van der Waals surface area (Å²) in [5.74, 6) is -0.242. The quantitative estimate of drug-likeness (QED) is 0.138. The summed E-state index contributed by atoms with van der Waals surface area (Å²) in [5, 5.41) is 8.61. The number of carbonyl (C=O) groups excluding carboxylic acids is 4. The maximum absolute atomic E-state index is 13.7. The van der Waals surface area contributed by atoms with Crippen molar-refractivity contribution in [2.45, 2.75) is 77.0 Å². The number of amides is 4. The second kappa shape index (κ2) is 18.2. The number of pyridine rings is 1. The molecule has 0 saturated carbocycles. The summed E-state index contributed by atoms with van der Waals surface area (Å²) in [7, 11) is 1.24. The highest BCUT2D eigenvalue weighted by Gasteiger charge is 2.38. The summed E-state index contributed by atoms with van der Waals surface area (Å²) in [4.78, 5) is 69.8. The van der Waals surface area contributed by atoms with Crippen LogP contribution in [0.3, 0.4) is 0 Å². The zero-order chi connectivity index (χ0) is 43.4. The Morgan fingerprint density at radius 2 is 1.69 bits per heavy atom. The largest absolute Gasteiger partial charge is 0.573 e. The number of ether oxygens (including phenoxy) is 2. The number of aromatic nitrogens is 3. The lowest BCUT2D eigenvalue weighted by molar-refractivity contribution is -0.274. The average molecular weight is 846 g/mol. The minimum Gasteiger partial charge on any atom is -0.453 e. The van der Waals surface area contributed by atoms with Gasteiger partial charge in [0.25, 0.3) is 5.91 Å². The molecule has 2 aromatic heterocycles. The monoisotopic (exact) mass is 845 g/mol. The van der Waals surface area contributed by atoms with Crippen molar-refractivity contribution >= 4 is 35.3 Å². The number of benzene rings is 2. The number of nitrogens with zero attached hydrogens (tertiary/aromatic N) is 5. The van der Waals surface area contributed by atoms with Crippen molar-refractivity contribution in [3.8, 4) is 28.1 Å². The molecule has 0 spiro atoms. The van der Waals surface area contributed by atoms with Crippen molar-refractivity contribution in [1.29, 1.82) is 0 Å². The van der Waals surface area contributed by atoms with Gasteiger partial charge in [-0.1, -0.05) is 38.1 Å². The summed E-state index contributed by atoms with van der Waals surface area (Å²) in [6.45, 7) is 8.79. The van der Waals surface area contributed by atoms with Crippen LogP contribution in [0.25, 0.3) is 22.4 Å². The molecule has 5 heterocycles. The van der Waals surface area contributed by atoms with Crippen LogP contribution < -0.4 is 25.6 Å². The zero-order valence-electron chi connectivity index (χ0n) is 34.4. The number of imidazole rings is 1. The van der Waals surface area contributed by atoms with Crippen LogP contribution in [0.4, 0.5) is 29.5 Å². The Bertz CT molecular complexity index is 2210. The van der Waals surface area contributed by atoms with Gasteiger partial charge in [0.2, 0.25) is 11.8 Å². The van der Waals surface area contributed by atoms with Crippen LogP contribution in [0.2, 0.25) is 0 Å². The zero-order valence-corrected chi connectivity index (χ0v) is 34.4. The predicted octanol–water partition coefficient (Wildman–Crippen LogP) is 6.12. The molecule has 3 saturated heterocycles. The van der Waals surface area contributed by atoms with Crippen molar-refractivity contribution in [3.63, 3.8) is 0 Å². The highest BCUT2D eigenvalue weighted by molar-refractivity contribution is 6.05. The van der Waals surface area contributed by atoms with E-state index in [1.165, 1.54) is 25.4 Å². The average Bonchev–Trinajstić information content (AvgIpc) is 4.05. The number of anilines is 2. The molecule has 0 radical (unpaired) electrons. The number of alkyl carbamates (subject to hydrolysis) is 1. The van der Waals surface area contributed by atoms with Gasteiger partial charge in [-0.15, -0.1) is 13.2 Å². The lowest BCUT2D eigenvalue weighted by Gasteiger charge is -2.41. The molecule has 4 amide bonds. The van der Waals surface area contributed by atoms with Crippen molar-refractivity contribution in [3.05, 3.63) is 78.4 Å². The highest BCUT2D eigenvalue weighted by atomic mass is 19.4. The fraction of sp³-hybridized carbons (Fsp3) is 0.442. The maximum atomic E-state index is 13.7. The molecular weight excluding hydrogens is 796 g/mol. The van der Waals surface area contributed by atoms with Gasteiger partial charge in [-0.05, 0) is 86.5 Å². The van der Waals surface area contributed by atoms with Gasteiger partial charge in [-0.3, -0.25) is 14.4 Å². The molecule has 18 heteroatoms. The first kappa shape index (κ1) is 42.9. The molecule has 7 rings (SSSR count). The normalized spacial score (nSPS) is 19.8. The Morgan fingerprint density at radius 1 is 0.918 bits per heavy atom. The lowest BCUT2D eigenvalue weighted by Crippen LogP contribution is -2.57. The molecule has 0 bridgehead atoms. The molecular formula is C43H50F3N9O6. The second-order valence-corrected chi connectivity index (χ2v) is 15.9. The number of hydrogen-bond donors (Lipinski definition) is 4. The fourth-order valence-corrected chi connectivity index (χ4v) is 8.23. The van der Waals surface area contributed by atoms with Crippen LogP contribution in [0, 0.1) is 5.92 Å². The molecule has 4 unspecified atom stereocenters. The van der Waals surface area contributed by atoms with E-state index in [1.807, 2.05) is 25.7 Å². The SMILES string of the molecule is COC(=O)NC(C(=O)N1CCCC1c1ncc(-c2ccc(-c3ccc(C(=O)Nc4ccc(N5CCN(C(=O)C6CCCN6)CC5C)nc4)cc3OC(F)(F)F)cc2)[nH]1)C(C)C. The van der Waals surface area contributed by atoms with Gasteiger partial charge in [-0.2, -0.15) is 0 Å². The number of piperazine rings is 1. The van der Waals surface area contributed by atoms with Crippen molar-refractivity contribution < 1.29 is 41.8 Å². The summed E-state index contributed by atoms with van der Waals surface area (Å²) >= 11 is 0. The number of nitrogens with one attached hydrogen (secondary N) is 4. The Kier molecular flexibility index (Phi) is 12.8. The Hall–Kier alpha value is -6.17. The topological polar surface area (TPSA) is 174 Å². The first-order valence-electron chi connectivity index (χ1n) is 20.5. The van der Waals surface area contributed by atoms with Gasteiger partial charge < -0.3 is 45.1 Å². The smallest absolute Gasteiger partial charge is 0.453 e. The van der Waals surface area contributed by atoms with Crippen LogP contribution in [-0.4, -0.2) is 113 Å². The number of alkyl halides is 3. The van der Waals surface area contributed by atoms with Crippen LogP contribution in [0.1, 0.15) is 68.7 Å². The first-order valence-corrected chi connectivity index (χ1v) is 20.5. The number of rotatable bonds is 11. The molecule has 3 aliphatic heterocycles. The number of methoxy groups -OCH3 is 1. The minimum atomic E-state index is -5.03. The number of H-pyrrole nitrogens is 1. The number of aromatic amines is 1. The first-order chi connectivity index (χ1) is 29.2. The molecule has 3 fully saturated rings. The van der Waals surface area contributed by atoms with Crippen LogP contribution in [-0.2, 0) is 14.3 Å². The minimum absolute atomic E-state index is 0.0154. The number of carbonyl (C=O) groups is 4. The van der Waals surface area contributed by atoms with E-state index in [9.17, 15) is 32.3 Å². The lowest BCUT2D eigenvalue weighted by atomic mass is 10.00. The Labute approximate surface area is 351 Å². The van der Waals surface area contributed by atoms with Crippen molar-refractivity contribution in [2.24, 2.45) is 5.92 Å². The van der Waals surface area contributed by atoms with Crippen LogP contribution >= 0.6 is 0 Å². The van der Waals surface area contributed by atoms with E-state index in [4.69, 9.17) is 4.74 Å². The molecule has 61 heavy (non-hydrogen) atoms. The fourth-order valence-electron chi connectivity index (χ4n) is 8.23. The molecule has 3 aliphatic rings. The second-order valence-electron chi connectivity index (χ2n) is 15.9. The van der Waals surface area contributed by atoms with E-state index in [0.717, 1.165) is 31.9 Å². The summed E-state index contributed by atoms with van der Waals surface area (Å²) in [5.41, 5.74) is 2.16. The van der Waals surface area contributed by atoms with Gasteiger partial charge in [0.15, 0.2) is 0 Å². The van der Waals surface area contributed by atoms with E-state index >= 15 is 0 Å². The molecule has 4 aromatic rings. The third kappa shape index (κ3) is 9.90. The van der Waals surface area contributed by atoms with Gasteiger partial charge in [0, 0.05) is 43.3 Å². The van der Waals surface area contributed by atoms with Gasteiger partial charge in [0.05, 0.1) is 43.0 Å². The third-order valence-corrected chi connectivity index (χ3v) is 11.4. The van der Waals surface area contributed by atoms with E-state index < -0.39 is 30.2 Å². The molecule has 0 aliphatic carbocycles. The Balaban J connectivity index is 1.01. The third-order valence-electron chi connectivity index (χ3n) is 11.4. The molecule has 4 atom stereocenters. The molecule has 324 valence electrons. The summed E-state index contributed by atoms with van der Waals surface area (Å²) in [6.07, 6.45) is 0.658. The Morgan fingerprint density at radius 3 is 2.34 bits per heavy atom. The standard InChI is InChI=1S/C43H50F3N9O6/c1-25(2)37(52-42(59)60-4)41(58)55-18-6-8-34(55)38-49-23-33(51-38)28-11-9-27(10-12-28)31-15-13-29(21-35(31)61-43(44,45)46)39(56)50-30-14-16-36(48-22-30)54-20-19-53(24-26(54)3)40(57)32-7-5-17-47-32/h9-16,21-23,25-26,32,34,37,47H,5-8,17-20,24H2,1-4H3,(H,49,51)(H,50,56)(H,52,59). The predicted molar refractivity (Wildman–Crippen MR) is 221 cm³/mol. The van der Waals surface area contributed by atoms with Gasteiger partial charge in [0.1, 0.15) is 23.4 Å². The van der Waals surface area contributed by atoms with E-state index in [0.29, 0.717) is 66.8 Å². The van der Waals surface area contributed by atoms with Crippen molar-refractivity contribution in [2.75, 3.05) is 50.1 Å². The van der Waals surface area contributed by atoms with E-state index in [1.54, 1.807) is 47.5 Å². The molecule has 4 N–H and O–H groups in total. The summed E-state index contributed by atoms with van der Waals surface area (Å²) in [6, 6.07) is 12.8. The number of likely N-dealkylation sites (tertiary alicyclic amines) is 1.